The Bertz CT molecular complexity index is 1350. The van der Waals surface area contributed by atoms with E-state index in [4.69, 9.17) is 15.2 Å². The standard InChI is InChI=1S/C29H30N2O5S/c1-16-18-4-3-5-19(12-18)25-10-11-26(37-25)20(14-24-27(36-24)29(34)35-2)13-22(32)9-7-17-6-8-21(30)15-23(17)28(33)31-16/h3-6,8,10-12,15-16,20,24,27H,7,9,13-14,30H2,1-2H3,(H,31,33). The monoisotopic (exact) mass is 518 g/mol. The van der Waals surface area contributed by atoms with Crippen LogP contribution < -0.4 is 11.1 Å². The molecular formula is C29H30N2O5S. The van der Waals surface area contributed by atoms with E-state index in [9.17, 15) is 14.4 Å². The summed E-state index contributed by atoms with van der Waals surface area (Å²) < 4.78 is 10.4. The van der Waals surface area contributed by atoms with E-state index in [1.807, 2.05) is 31.2 Å². The van der Waals surface area contributed by atoms with E-state index in [0.717, 1.165) is 26.4 Å². The van der Waals surface area contributed by atoms with Gasteiger partial charge in [0.2, 0.25) is 0 Å². The number of aryl methyl sites for hydroxylation is 1. The Hall–Kier alpha value is -3.49. The van der Waals surface area contributed by atoms with Gasteiger partial charge in [0.1, 0.15) is 5.78 Å². The van der Waals surface area contributed by atoms with Gasteiger partial charge in [-0.3, -0.25) is 9.59 Å². The number of esters is 1. The lowest BCUT2D eigenvalue weighted by Gasteiger charge is -2.18. The van der Waals surface area contributed by atoms with Crippen LogP contribution in [0.2, 0.25) is 0 Å². The van der Waals surface area contributed by atoms with Crippen molar-refractivity contribution in [3.05, 3.63) is 76.2 Å². The number of hydrogen-bond acceptors (Lipinski definition) is 7. The average molecular weight is 519 g/mol. The van der Waals surface area contributed by atoms with Crippen LogP contribution in [-0.4, -0.2) is 37.0 Å². The van der Waals surface area contributed by atoms with Gasteiger partial charge >= 0.3 is 5.97 Å². The molecule has 8 heteroatoms. The zero-order valence-corrected chi connectivity index (χ0v) is 21.7. The molecule has 0 radical (unpaired) electrons. The molecule has 1 saturated heterocycles. The minimum absolute atomic E-state index is 0.0740. The normalized spacial score (nSPS) is 23.6. The van der Waals surface area contributed by atoms with Crippen molar-refractivity contribution in [2.45, 2.75) is 56.8 Å². The van der Waals surface area contributed by atoms with Gasteiger partial charge in [-0.15, -0.1) is 11.3 Å². The number of ketones is 1. The van der Waals surface area contributed by atoms with Crippen LogP contribution in [0.5, 0.6) is 0 Å². The number of Topliss-reactive ketones (excluding diaryl/α,β-unsaturated/α-hetero) is 1. The van der Waals surface area contributed by atoms with E-state index in [1.54, 1.807) is 23.5 Å². The Balaban J connectivity index is 1.49. The lowest BCUT2D eigenvalue weighted by atomic mass is 9.91. The van der Waals surface area contributed by atoms with Crippen LogP contribution >= 0.6 is 11.3 Å². The number of hydrogen-bond donors (Lipinski definition) is 2. The Morgan fingerprint density at radius 3 is 2.78 bits per heavy atom. The van der Waals surface area contributed by atoms with E-state index in [-0.39, 0.29) is 35.7 Å². The quantitative estimate of drug-likeness (QED) is 0.293. The maximum atomic E-state index is 13.2. The largest absolute Gasteiger partial charge is 0.467 e. The number of epoxide rings is 1. The molecule has 0 aliphatic carbocycles. The molecule has 1 aromatic heterocycles. The Morgan fingerprint density at radius 2 is 1.97 bits per heavy atom. The molecule has 2 aliphatic heterocycles. The van der Waals surface area contributed by atoms with Crippen molar-refractivity contribution in [2.24, 2.45) is 0 Å². The molecule has 3 aromatic rings. The predicted octanol–water partition coefficient (Wildman–Crippen LogP) is 4.81. The molecule has 0 saturated carbocycles. The van der Waals surface area contributed by atoms with Gasteiger partial charge in [0.25, 0.3) is 5.91 Å². The summed E-state index contributed by atoms with van der Waals surface area (Å²) in [5.74, 6) is -0.566. The number of amides is 1. The van der Waals surface area contributed by atoms with E-state index in [1.165, 1.54) is 7.11 Å². The summed E-state index contributed by atoms with van der Waals surface area (Å²) in [5, 5.41) is 3.09. The van der Waals surface area contributed by atoms with Crippen molar-refractivity contribution in [2.75, 3.05) is 12.8 Å². The minimum Gasteiger partial charge on any atom is -0.467 e. The predicted molar refractivity (Wildman–Crippen MR) is 142 cm³/mol. The lowest BCUT2D eigenvalue weighted by molar-refractivity contribution is -0.142. The summed E-state index contributed by atoms with van der Waals surface area (Å²) >= 11 is 1.65. The number of rotatable bonds is 3. The summed E-state index contributed by atoms with van der Waals surface area (Å²) in [7, 11) is 1.35. The number of thiophene rings is 1. The van der Waals surface area contributed by atoms with Gasteiger partial charge in [0, 0.05) is 39.8 Å². The number of nitrogens with one attached hydrogen (secondary N) is 1. The van der Waals surface area contributed by atoms with Gasteiger partial charge in [-0.25, -0.2) is 4.79 Å². The summed E-state index contributed by atoms with van der Waals surface area (Å²) in [4.78, 5) is 40.5. The minimum atomic E-state index is -0.561. The molecule has 4 bridgehead atoms. The second kappa shape index (κ2) is 10.5. The van der Waals surface area contributed by atoms with Crippen LogP contribution in [0.25, 0.3) is 10.4 Å². The first-order valence-corrected chi connectivity index (χ1v) is 13.3. The molecule has 5 rings (SSSR count). The smallest absolute Gasteiger partial charge is 0.337 e. The molecular weight excluding hydrogens is 488 g/mol. The van der Waals surface area contributed by atoms with Crippen LogP contribution in [0.3, 0.4) is 0 Å². The van der Waals surface area contributed by atoms with Crippen molar-refractivity contribution < 1.29 is 23.9 Å². The highest BCUT2D eigenvalue weighted by molar-refractivity contribution is 7.15. The van der Waals surface area contributed by atoms with Gasteiger partial charge in [0.05, 0.1) is 19.3 Å². The van der Waals surface area contributed by atoms with Crippen molar-refractivity contribution in [3.8, 4) is 10.4 Å². The van der Waals surface area contributed by atoms with Gasteiger partial charge < -0.3 is 20.5 Å². The van der Waals surface area contributed by atoms with Crippen molar-refractivity contribution >= 4 is 34.7 Å². The number of ether oxygens (including phenoxy) is 2. The van der Waals surface area contributed by atoms with Crippen LogP contribution in [0.1, 0.15) is 64.5 Å². The van der Waals surface area contributed by atoms with Gasteiger partial charge in [-0.1, -0.05) is 24.3 Å². The lowest BCUT2D eigenvalue weighted by Crippen LogP contribution is -2.27. The second-order valence-electron chi connectivity index (χ2n) is 9.73. The number of fused-ring (bicyclic) bond motifs is 6. The highest BCUT2D eigenvalue weighted by atomic mass is 32.1. The van der Waals surface area contributed by atoms with Crippen molar-refractivity contribution in [1.29, 1.82) is 0 Å². The van der Waals surface area contributed by atoms with E-state index in [2.05, 4.69) is 23.5 Å². The fourth-order valence-corrected chi connectivity index (χ4v) is 6.06. The number of carbonyl (C=O) groups excluding carboxylic acids is 3. The number of nitrogens with two attached hydrogens (primary N) is 1. The second-order valence-corrected chi connectivity index (χ2v) is 10.8. The third-order valence-corrected chi connectivity index (χ3v) is 8.40. The molecule has 2 aliphatic rings. The number of methoxy groups -OCH3 is 1. The summed E-state index contributed by atoms with van der Waals surface area (Å²) in [6, 6.07) is 17.3. The van der Waals surface area contributed by atoms with E-state index < -0.39 is 6.10 Å². The topological polar surface area (TPSA) is 111 Å². The first kappa shape index (κ1) is 25.2. The van der Waals surface area contributed by atoms with Gasteiger partial charge in [-0.05, 0) is 66.8 Å². The molecule has 3 heterocycles. The molecule has 3 N–H and O–H groups in total. The fourth-order valence-electron chi connectivity index (χ4n) is 4.95. The summed E-state index contributed by atoms with van der Waals surface area (Å²) in [5.41, 5.74) is 9.83. The zero-order valence-electron chi connectivity index (χ0n) is 20.9. The molecule has 4 atom stereocenters. The van der Waals surface area contributed by atoms with Crippen LogP contribution in [0.4, 0.5) is 5.69 Å². The molecule has 1 fully saturated rings. The summed E-state index contributed by atoms with van der Waals surface area (Å²) in [6.45, 7) is 1.96. The van der Waals surface area contributed by atoms with Gasteiger partial charge in [0.15, 0.2) is 6.10 Å². The molecule has 37 heavy (non-hydrogen) atoms. The molecule has 0 spiro atoms. The SMILES string of the molecule is COC(=O)C1OC1CC1CC(=O)CCc2ccc(N)cc2C(=O)NC(C)c2cccc(c2)-c2ccc1s2. The maximum Gasteiger partial charge on any atom is 0.337 e. The third kappa shape index (κ3) is 5.60. The number of benzene rings is 2. The number of nitrogen functional groups attached to an aromatic ring is 1. The molecule has 192 valence electrons. The van der Waals surface area contributed by atoms with Crippen molar-refractivity contribution in [3.63, 3.8) is 0 Å². The van der Waals surface area contributed by atoms with E-state index in [0.29, 0.717) is 36.9 Å². The first-order chi connectivity index (χ1) is 17.8. The Kier molecular flexibility index (Phi) is 7.13. The Morgan fingerprint density at radius 1 is 1.14 bits per heavy atom. The molecule has 4 unspecified atom stereocenters. The van der Waals surface area contributed by atoms with Crippen LogP contribution in [0, 0.1) is 0 Å². The van der Waals surface area contributed by atoms with Crippen molar-refractivity contribution in [1.82, 2.24) is 5.32 Å². The average Bonchev–Trinajstić information content (AvgIpc) is 3.48. The Labute approximate surface area is 220 Å². The third-order valence-electron chi connectivity index (χ3n) is 7.11. The van der Waals surface area contributed by atoms with Crippen LogP contribution in [0.15, 0.2) is 54.6 Å². The molecule has 7 nitrogen and oxygen atoms in total. The van der Waals surface area contributed by atoms with Gasteiger partial charge in [-0.2, -0.15) is 0 Å². The van der Waals surface area contributed by atoms with Crippen LogP contribution in [-0.2, 0) is 25.5 Å². The summed E-state index contributed by atoms with van der Waals surface area (Å²) in [6.07, 6.45) is 0.837. The van der Waals surface area contributed by atoms with E-state index >= 15 is 0 Å². The number of carbonyl (C=O) groups is 3. The first-order valence-electron chi connectivity index (χ1n) is 12.5. The fraction of sp³-hybridized carbons (Fsp3) is 0.345. The highest BCUT2D eigenvalue weighted by Crippen LogP contribution is 2.41. The highest BCUT2D eigenvalue weighted by Gasteiger charge is 2.47. The zero-order chi connectivity index (χ0) is 26.1. The number of anilines is 1. The molecule has 1 amide bonds. The maximum absolute atomic E-state index is 13.2. The molecule has 2 aromatic carbocycles.